The van der Waals surface area contributed by atoms with Crippen LogP contribution in [0.5, 0.6) is 0 Å². The molecule has 0 unspecified atom stereocenters. The highest BCUT2D eigenvalue weighted by Crippen LogP contribution is 2.32. The quantitative estimate of drug-likeness (QED) is 0.477. The summed E-state index contributed by atoms with van der Waals surface area (Å²) in [6.07, 6.45) is 2.99. The summed E-state index contributed by atoms with van der Waals surface area (Å²) in [5, 5.41) is 1.07. The molecule has 29 heavy (non-hydrogen) atoms. The van der Waals surface area contributed by atoms with Gasteiger partial charge in [0.05, 0.1) is 21.4 Å². The standard InChI is InChI=1S/C23H20Cl2N4/c24-19-7-5-16(11-20(19)25)23-21(29-13-18(26)6-8-22(29)27-23)14-28-10-9-15-3-1-2-4-17(15)12-28/h1-8,11,13H,9-10,12,14,26H2. The first-order valence-corrected chi connectivity index (χ1v) is 10.3. The summed E-state index contributed by atoms with van der Waals surface area (Å²) >= 11 is 12.4. The first-order chi connectivity index (χ1) is 14.1. The van der Waals surface area contributed by atoms with E-state index in [-0.39, 0.29) is 0 Å². The molecule has 2 aromatic carbocycles. The number of nitrogens with two attached hydrogens (primary N) is 1. The van der Waals surface area contributed by atoms with Gasteiger partial charge in [-0.05, 0) is 41.8 Å². The fourth-order valence-corrected chi connectivity index (χ4v) is 4.33. The Morgan fingerprint density at radius 3 is 2.62 bits per heavy atom. The van der Waals surface area contributed by atoms with Crippen LogP contribution < -0.4 is 5.73 Å². The van der Waals surface area contributed by atoms with Gasteiger partial charge in [0.1, 0.15) is 5.65 Å². The lowest BCUT2D eigenvalue weighted by molar-refractivity contribution is 0.242. The zero-order valence-corrected chi connectivity index (χ0v) is 17.3. The van der Waals surface area contributed by atoms with Gasteiger partial charge in [0.15, 0.2) is 0 Å². The van der Waals surface area contributed by atoms with Crippen LogP contribution >= 0.6 is 23.2 Å². The summed E-state index contributed by atoms with van der Waals surface area (Å²) in [6.45, 7) is 2.70. The van der Waals surface area contributed by atoms with Crippen molar-refractivity contribution in [1.29, 1.82) is 0 Å². The third-order valence-electron chi connectivity index (χ3n) is 5.52. The molecule has 0 aliphatic carbocycles. The normalized spacial score (nSPS) is 14.3. The van der Waals surface area contributed by atoms with Crippen LogP contribution in [0, 0.1) is 0 Å². The molecule has 2 aromatic heterocycles. The summed E-state index contributed by atoms with van der Waals surface area (Å²) in [5.41, 5.74) is 13.5. The van der Waals surface area contributed by atoms with Gasteiger partial charge in [0, 0.05) is 37.1 Å². The Morgan fingerprint density at radius 1 is 0.966 bits per heavy atom. The number of fused-ring (bicyclic) bond motifs is 2. The van der Waals surface area contributed by atoms with Crippen LogP contribution in [0.15, 0.2) is 60.8 Å². The van der Waals surface area contributed by atoms with Gasteiger partial charge < -0.3 is 10.1 Å². The van der Waals surface area contributed by atoms with Crippen molar-refractivity contribution < 1.29 is 0 Å². The van der Waals surface area contributed by atoms with E-state index in [2.05, 4.69) is 33.6 Å². The van der Waals surface area contributed by atoms with E-state index in [4.69, 9.17) is 33.9 Å². The summed E-state index contributed by atoms with van der Waals surface area (Å²) in [4.78, 5) is 7.34. The first-order valence-electron chi connectivity index (χ1n) is 9.59. The lowest BCUT2D eigenvalue weighted by Crippen LogP contribution is -2.30. The van der Waals surface area contributed by atoms with E-state index in [1.165, 1.54) is 11.1 Å². The molecule has 4 aromatic rings. The molecule has 5 rings (SSSR count). The van der Waals surface area contributed by atoms with Crippen molar-refractivity contribution in [2.24, 2.45) is 0 Å². The minimum absolute atomic E-state index is 0.526. The average Bonchev–Trinajstić information content (AvgIpc) is 3.07. The van der Waals surface area contributed by atoms with Crippen molar-refractivity contribution in [1.82, 2.24) is 14.3 Å². The smallest absolute Gasteiger partial charge is 0.137 e. The molecule has 1 aliphatic heterocycles. The van der Waals surface area contributed by atoms with Crippen LogP contribution in [0.2, 0.25) is 10.0 Å². The van der Waals surface area contributed by atoms with E-state index in [0.29, 0.717) is 15.7 Å². The molecular formula is C23H20Cl2N4. The maximum Gasteiger partial charge on any atom is 0.137 e. The van der Waals surface area contributed by atoms with E-state index in [1.54, 1.807) is 0 Å². The molecule has 0 amide bonds. The Balaban J connectivity index is 1.58. The molecule has 6 heteroatoms. The fourth-order valence-electron chi connectivity index (χ4n) is 4.04. The van der Waals surface area contributed by atoms with Crippen LogP contribution in [0.25, 0.3) is 16.9 Å². The largest absolute Gasteiger partial charge is 0.398 e. The van der Waals surface area contributed by atoms with E-state index < -0.39 is 0 Å². The maximum absolute atomic E-state index is 6.29. The molecule has 3 heterocycles. The fraction of sp³-hybridized carbons (Fsp3) is 0.174. The third kappa shape index (κ3) is 3.48. The van der Waals surface area contributed by atoms with Crippen LogP contribution in [0.1, 0.15) is 16.8 Å². The minimum Gasteiger partial charge on any atom is -0.398 e. The molecule has 0 saturated heterocycles. The molecule has 0 bridgehead atoms. The van der Waals surface area contributed by atoms with Crippen molar-refractivity contribution in [2.75, 3.05) is 12.3 Å². The lowest BCUT2D eigenvalue weighted by Gasteiger charge is -2.28. The highest BCUT2D eigenvalue weighted by molar-refractivity contribution is 6.42. The van der Waals surface area contributed by atoms with E-state index in [1.807, 2.05) is 36.5 Å². The molecule has 1 aliphatic rings. The minimum atomic E-state index is 0.526. The number of hydrogen-bond donors (Lipinski definition) is 1. The maximum atomic E-state index is 6.29. The molecule has 146 valence electrons. The van der Waals surface area contributed by atoms with Gasteiger partial charge in [-0.25, -0.2) is 4.98 Å². The molecule has 2 N–H and O–H groups in total. The van der Waals surface area contributed by atoms with E-state index in [0.717, 1.165) is 48.7 Å². The van der Waals surface area contributed by atoms with E-state index >= 15 is 0 Å². The monoisotopic (exact) mass is 422 g/mol. The summed E-state index contributed by atoms with van der Waals surface area (Å²) in [6, 6.07) is 18.2. The number of nitrogen functional groups attached to an aromatic ring is 1. The van der Waals surface area contributed by atoms with Crippen LogP contribution in [0.4, 0.5) is 5.69 Å². The summed E-state index contributed by atoms with van der Waals surface area (Å²) in [5.74, 6) is 0. The Bertz CT molecular complexity index is 1210. The predicted molar refractivity (Wildman–Crippen MR) is 119 cm³/mol. The van der Waals surface area contributed by atoms with Gasteiger partial charge in [-0.2, -0.15) is 0 Å². The second-order valence-electron chi connectivity index (χ2n) is 7.46. The summed E-state index contributed by atoms with van der Waals surface area (Å²) in [7, 11) is 0. The number of aromatic nitrogens is 2. The predicted octanol–water partition coefficient (Wildman–Crippen LogP) is 5.45. The van der Waals surface area contributed by atoms with Gasteiger partial charge in [0.25, 0.3) is 0 Å². The molecular weight excluding hydrogens is 403 g/mol. The molecule has 0 spiro atoms. The highest BCUT2D eigenvalue weighted by atomic mass is 35.5. The van der Waals surface area contributed by atoms with Crippen LogP contribution in [0.3, 0.4) is 0 Å². The van der Waals surface area contributed by atoms with Crippen molar-refractivity contribution in [3.8, 4) is 11.3 Å². The number of pyridine rings is 1. The Labute approximate surface area is 179 Å². The van der Waals surface area contributed by atoms with Gasteiger partial charge in [-0.15, -0.1) is 0 Å². The number of anilines is 1. The summed E-state index contributed by atoms with van der Waals surface area (Å²) < 4.78 is 2.09. The van der Waals surface area contributed by atoms with Crippen molar-refractivity contribution in [3.63, 3.8) is 0 Å². The first kappa shape index (κ1) is 18.5. The third-order valence-corrected chi connectivity index (χ3v) is 6.26. The number of benzene rings is 2. The molecule has 0 radical (unpaired) electrons. The van der Waals surface area contributed by atoms with Gasteiger partial charge in [-0.1, -0.05) is 53.5 Å². The Hall–Kier alpha value is -2.53. The molecule has 4 nitrogen and oxygen atoms in total. The molecule has 0 fully saturated rings. The Kier molecular flexibility index (Phi) is 4.70. The number of imidazole rings is 1. The second kappa shape index (κ2) is 7.38. The van der Waals surface area contributed by atoms with Crippen LogP contribution in [-0.2, 0) is 19.5 Å². The highest BCUT2D eigenvalue weighted by Gasteiger charge is 2.21. The van der Waals surface area contributed by atoms with Gasteiger partial charge in [-0.3, -0.25) is 4.90 Å². The molecule has 0 saturated carbocycles. The zero-order chi connectivity index (χ0) is 20.0. The van der Waals surface area contributed by atoms with Crippen molar-refractivity contribution in [2.45, 2.75) is 19.5 Å². The average molecular weight is 423 g/mol. The topological polar surface area (TPSA) is 46.6 Å². The van der Waals surface area contributed by atoms with Crippen molar-refractivity contribution >= 4 is 34.5 Å². The van der Waals surface area contributed by atoms with E-state index in [9.17, 15) is 0 Å². The SMILES string of the molecule is Nc1ccc2nc(-c3ccc(Cl)c(Cl)c3)c(CN3CCc4ccccc4C3)n2c1. The zero-order valence-electron chi connectivity index (χ0n) is 15.8. The van der Waals surface area contributed by atoms with Crippen LogP contribution in [-0.4, -0.2) is 20.8 Å². The van der Waals surface area contributed by atoms with Gasteiger partial charge in [0.2, 0.25) is 0 Å². The van der Waals surface area contributed by atoms with Gasteiger partial charge >= 0.3 is 0 Å². The van der Waals surface area contributed by atoms with Crippen molar-refractivity contribution in [3.05, 3.63) is 87.7 Å². The molecule has 0 atom stereocenters. The second-order valence-corrected chi connectivity index (χ2v) is 8.27. The number of nitrogens with zero attached hydrogens (tertiary/aromatic N) is 3. The number of halogens is 2. The number of rotatable bonds is 3. The Morgan fingerprint density at radius 2 is 1.79 bits per heavy atom. The lowest BCUT2D eigenvalue weighted by atomic mass is 9.99. The number of hydrogen-bond acceptors (Lipinski definition) is 3.